The minimum absolute atomic E-state index is 0.0457. The van der Waals surface area contributed by atoms with Gasteiger partial charge in [0, 0.05) is 19.3 Å². The van der Waals surface area contributed by atoms with E-state index >= 15 is 0 Å². The van der Waals surface area contributed by atoms with E-state index in [2.05, 4.69) is 10.2 Å². The highest BCUT2D eigenvalue weighted by Gasteiger charge is 2.18. The molecule has 0 unspecified atom stereocenters. The summed E-state index contributed by atoms with van der Waals surface area (Å²) < 4.78 is 7.19. The second-order valence-corrected chi connectivity index (χ2v) is 6.50. The van der Waals surface area contributed by atoms with Crippen molar-refractivity contribution in [1.29, 1.82) is 0 Å². The zero-order valence-electron chi connectivity index (χ0n) is 14.5. The molecule has 0 spiro atoms. The molecule has 0 bridgehead atoms. The lowest BCUT2D eigenvalue weighted by atomic mass is 10.2. The van der Waals surface area contributed by atoms with Gasteiger partial charge in [-0.1, -0.05) is 30.0 Å². The Bertz CT molecular complexity index is 858. The zero-order chi connectivity index (χ0) is 17.8. The van der Waals surface area contributed by atoms with Crippen molar-refractivity contribution in [3.05, 3.63) is 48.2 Å². The van der Waals surface area contributed by atoms with E-state index in [1.807, 2.05) is 61.9 Å². The number of para-hydroxylation sites is 1. The maximum atomic E-state index is 12.7. The van der Waals surface area contributed by atoms with Gasteiger partial charge in [-0.25, -0.2) is 0 Å². The molecule has 130 valence electrons. The van der Waals surface area contributed by atoms with Crippen LogP contribution in [0.1, 0.15) is 12.5 Å². The third kappa shape index (κ3) is 3.61. The average molecular weight is 356 g/mol. The second kappa shape index (κ2) is 7.57. The smallest absolute Gasteiger partial charge is 0.237 e. The number of carbonyl (C=O) groups excluding carboxylic acids is 1. The van der Waals surface area contributed by atoms with Crippen LogP contribution >= 0.6 is 11.8 Å². The number of hydrogen-bond donors (Lipinski definition) is 0. The summed E-state index contributed by atoms with van der Waals surface area (Å²) in [4.78, 5) is 14.5. The third-order valence-electron chi connectivity index (χ3n) is 3.92. The van der Waals surface area contributed by atoms with Crippen LogP contribution in [0.15, 0.2) is 52.2 Å². The van der Waals surface area contributed by atoms with E-state index in [1.54, 1.807) is 11.2 Å². The SMILES string of the molecule is CCN(C(=O)CSc1nnc(-c2ccco2)n1C)c1ccccc1C. The van der Waals surface area contributed by atoms with E-state index < -0.39 is 0 Å². The summed E-state index contributed by atoms with van der Waals surface area (Å²) in [5, 5.41) is 8.99. The highest BCUT2D eigenvalue weighted by molar-refractivity contribution is 7.99. The maximum absolute atomic E-state index is 12.7. The van der Waals surface area contributed by atoms with E-state index in [9.17, 15) is 4.79 Å². The van der Waals surface area contributed by atoms with Crippen LogP contribution in [-0.4, -0.2) is 33.0 Å². The largest absolute Gasteiger partial charge is 0.461 e. The molecule has 0 saturated heterocycles. The molecule has 0 aliphatic carbocycles. The predicted molar refractivity (Wildman–Crippen MR) is 98.6 cm³/mol. The van der Waals surface area contributed by atoms with Gasteiger partial charge >= 0.3 is 0 Å². The number of carbonyl (C=O) groups is 1. The molecule has 0 atom stereocenters. The Balaban J connectivity index is 1.71. The fourth-order valence-corrected chi connectivity index (χ4v) is 3.40. The molecule has 0 aliphatic rings. The molecule has 7 heteroatoms. The van der Waals surface area contributed by atoms with Crippen molar-refractivity contribution < 1.29 is 9.21 Å². The van der Waals surface area contributed by atoms with Crippen molar-refractivity contribution >= 4 is 23.4 Å². The Morgan fingerprint density at radius 1 is 1.24 bits per heavy atom. The lowest BCUT2D eigenvalue weighted by molar-refractivity contribution is -0.116. The Morgan fingerprint density at radius 3 is 2.72 bits per heavy atom. The van der Waals surface area contributed by atoms with Gasteiger partial charge in [-0.05, 0) is 37.6 Å². The monoisotopic (exact) mass is 356 g/mol. The Hall–Kier alpha value is -2.54. The minimum atomic E-state index is 0.0457. The number of anilines is 1. The average Bonchev–Trinajstić information content (AvgIpc) is 3.25. The Kier molecular flexibility index (Phi) is 5.23. The fraction of sp³-hybridized carbons (Fsp3) is 0.278. The third-order valence-corrected chi connectivity index (χ3v) is 4.93. The lowest BCUT2D eigenvalue weighted by Gasteiger charge is -2.22. The molecule has 3 aromatic rings. The highest BCUT2D eigenvalue weighted by Crippen LogP contribution is 2.25. The van der Waals surface area contributed by atoms with Crippen LogP contribution in [0.2, 0.25) is 0 Å². The molecule has 0 N–H and O–H groups in total. The summed E-state index contributed by atoms with van der Waals surface area (Å²) in [5.41, 5.74) is 2.03. The van der Waals surface area contributed by atoms with E-state index in [0.717, 1.165) is 11.3 Å². The molecule has 0 fully saturated rings. The van der Waals surface area contributed by atoms with Gasteiger partial charge in [-0.15, -0.1) is 10.2 Å². The summed E-state index contributed by atoms with van der Waals surface area (Å²) in [6, 6.07) is 11.5. The molecule has 0 radical (unpaired) electrons. The first-order chi connectivity index (χ1) is 12.1. The first-order valence-corrected chi connectivity index (χ1v) is 9.02. The van der Waals surface area contributed by atoms with Crippen molar-refractivity contribution in [1.82, 2.24) is 14.8 Å². The molecule has 0 saturated carbocycles. The number of amides is 1. The maximum Gasteiger partial charge on any atom is 0.237 e. The van der Waals surface area contributed by atoms with E-state index in [0.29, 0.717) is 29.0 Å². The molecule has 2 aromatic heterocycles. The van der Waals surface area contributed by atoms with Crippen molar-refractivity contribution in [2.75, 3.05) is 17.2 Å². The molecular weight excluding hydrogens is 336 g/mol. The molecule has 0 aliphatic heterocycles. The van der Waals surface area contributed by atoms with Crippen LogP contribution in [0.5, 0.6) is 0 Å². The van der Waals surface area contributed by atoms with Crippen LogP contribution in [-0.2, 0) is 11.8 Å². The predicted octanol–water partition coefficient (Wildman–Crippen LogP) is 3.53. The van der Waals surface area contributed by atoms with Crippen LogP contribution < -0.4 is 4.90 Å². The first kappa shape index (κ1) is 17.3. The van der Waals surface area contributed by atoms with Crippen molar-refractivity contribution in [2.45, 2.75) is 19.0 Å². The Morgan fingerprint density at radius 2 is 2.04 bits per heavy atom. The number of nitrogens with zero attached hydrogens (tertiary/aromatic N) is 4. The van der Waals surface area contributed by atoms with E-state index in [4.69, 9.17) is 4.42 Å². The van der Waals surface area contributed by atoms with Crippen molar-refractivity contribution in [3.8, 4) is 11.6 Å². The molecular formula is C18H20N4O2S. The van der Waals surface area contributed by atoms with E-state index in [-0.39, 0.29) is 5.91 Å². The van der Waals surface area contributed by atoms with Gasteiger partial charge < -0.3 is 13.9 Å². The standard InChI is InChI=1S/C18H20N4O2S/c1-4-22(14-9-6-5-8-13(14)2)16(23)12-25-18-20-19-17(21(18)3)15-10-7-11-24-15/h5-11H,4,12H2,1-3H3. The number of rotatable bonds is 6. The highest BCUT2D eigenvalue weighted by atomic mass is 32.2. The topological polar surface area (TPSA) is 64.2 Å². The number of benzene rings is 1. The molecule has 25 heavy (non-hydrogen) atoms. The molecule has 3 rings (SSSR count). The van der Waals surface area contributed by atoms with Gasteiger partial charge in [0.05, 0.1) is 12.0 Å². The molecule has 1 amide bonds. The number of aromatic nitrogens is 3. The first-order valence-electron chi connectivity index (χ1n) is 8.04. The number of aryl methyl sites for hydroxylation is 1. The van der Waals surface area contributed by atoms with Gasteiger partial charge in [0.1, 0.15) is 0 Å². The lowest BCUT2D eigenvalue weighted by Crippen LogP contribution is -2.32. The van der Waals surface area contributed by atoms with Gasteiger partial charge in [0.2, 0.25) is 5.91 Å². The van der Waals surface area contributed by atoms with Gasteiger partial charge in [0.25, 0.3) is 0 Å². The number of furan rings is 1. The molecule has 1 aromatic carbocycles. The van der Waals surface area contributed by atoms with E-state index in [1.165, 1.54) is 11.8 Å². The van der Waals surface area contributed by atoms with Crippen LogP contribution in [0, 0.1) is 6.92 Å². The normalized spacial score (nSPS) is 10.8. The van der Waals surface area contributed by atoms with Crippen molar-refractivity contribution in [2.24, 2.45) is 7.05 Å². The molecule has 6 nitrogen and oxygen atoms in total. The van der Waals surface area contributed by atoms with Crippen LogP contribution in [0.25, 0.3) is 11.6 Å². The van der Waals surface area contributed by atoms with Crippen LogP contribution in [0.3, 0.4) is 0 Å². The van der Waals surface area contributed by atoms with Gasteiger partial charge in [0.15, 0.2) is 16.7 Å². The summed E-state index contributed by atoms with van der Waals surface area (Å²) >= 11 is 1.37. The fourth-order valence-electron chi connectivity index (χ4n) is 2.61. The van der Waals surface area contributed by atoms with Gasteiger partial charge in [-0.2, -0.15) is 0 Å². The molecule has 2 heterocycles. The quantitative estimate of drug-likeness (QED) is 0.632. The van der Waals surface area contributed by atoms with Crippen LogP contribution in [0.4, 0.5) is 5.69 Å². The number of thioether (sulfide) groups is 1. The van der Waals surface area contributed by atoms with Crippen molar-refractivity contribution in [3.63, 3.8) is 0 Å². The summed E-state index contributed by atoms with van der Waals surface area (Å²) in [6.45, 7) is 4.61. The second-order valence-electron chi connectivity index (χ2n) is 5.56. The summed E-state index contributed by atoms with van der Waals surface area (Å²) in [5.74, 6) is 1.64. The summed E-state index contributed by atoms with van der Waals surface area (Å²) in [6.07, 6.45) is 1.60. The Labute approximate surface area is 150 Å². The number of hydrogen-bond acceptors (Lipinski definition) is 5. The minimum Gasteiger partial charge on any atom is -0.461 e. The zero-order valence-corrected chi connectivity index (χ0v) is 15.3. The summed E-state index contributed by atoms with van der Waals surface area (Å²) in [7, 11) is 1.86. The van der Waals surface area contributed by atoms with Gasteiger partial charge in [-0.3, -0.25) is 4.79 Å².